The summed E-state index contributed by atoms with van der Waals surface area (Å²) in [4.78, 5) is 27.1. The van der Waals surface area contributed by atoms with E-state index in [4.69, 9.17) is 0 Å². The van der Waals surface area contributed by atoms with E-state index in [2.05, 4.69) is 22.5 Å². The lowest BCUT2D eigenvalue weighted by Crippen LogP contribution is -2.38. The van der Waals surface area contributed by atoms with E-state index in [1.807, 2.05) is 0 Å². The molecule has 2 saturated carbocycles. The van der Waals surface area contributed by atoms with Crippen LogP contribution in [0.15, 0.2) is 18.3 Å². The minimum absolute atomic E-state index is 0.228. The minimum atomic E-state index is -1.01. The molecule has 3 N–H and O–H groups in total. The van der Waals surface area contributed by atoms with Gasteiger partial charge in [0.15, 0.2) is 11.6 Å². The molecule has 1 heterocycles. The molecule has 2 aromatic rings. The van der Waals surface area contributed by atoms with Gasteiger partial charge in [0.05, 0.1) is 11.2 Å². The van der Waals surface area contributed by atoms with Crippen molar-refractivity contribution < 1.29 is 18.4 Å². The van der Waals surface area contributed by atoms with Crippen molar-refractivity contribution in [1.29, 1.82) is 0 Å². The normalized spacial score (nSPS) is 26.4. The molecule has 1 aromatic heterocycles. The first kappa shape index (κ1) is 18.9. The summed E-state index contributed by atoms with van der Waals surface area (Å²) in [6.07, 6.45) is 8.66. The van der Waals surface area contributed by atoms with Crippen LogP contribution in [0.4, 0.5) is 14.5 Å². The molecule has 2 fully saturated rings. The second kappa shape index (κ2) is 7.18. The molecule has 0 saturated heterocycles. The van der Waals surface area contributed by atoms with Gasteiger partial charge in [-0.25, -0.2) is 8.78 Å². The van der Waals surface area contributed by atoms with Crippen molar-refractivity contribution in [3.8, 4) is 0 Å². The fourth-order valence-electron chi connectivity index (χ4n) is 5.19. The molecule has 1 unspecified atom stereocenters. The average Bonchev–Trinajstić information content (AvgIpc) is 3.18. The van der Waals surface area contributed by atoms with Crippen LogP contribution in [0.5, 0.6) is 0 Å². The van der Waals surface area contributed by atoms with Gasteiger partial charge in [-0.1, -0.05) is 19.8 Å². The molecule has 7 heteroatoms. The fraction of sp³-hybridized carbons (Fsp3) is 0.524. The molecule has 150 valence electrons. The maximum Gasteiger partial charge on any atom is 0.313 e. The number of amides is 2. The average molecular weight is 389 g/mol. The number of nitrogens with one attached hydrogen (secondary N) is 3. The Balaban J connectivity index is 1.32. The smallest absolute Gasteiger partial charge is 0.313 e. The van der Waals surface area contributed by atoms with Crippen molar-refractivity contribution in [2.75, 3.05) is 11.9 Å². The molecule has 2 aliphatic rings. The van der Waals surface area contributed by atoms with Crippen LogP contribution in [0.1, 0.15) is 45.4 Å². The lowest BCUT2D eigenvalue weighted by molar-refractivity contribution is -0.136. The van der Waals surface area contributed by atoms with Gasteiger partial charge in [-0.05, 0) is 49.0 Å². The maximum atomic E-state index is 13.5. The third-order valence-electron chi connectivity index (χ3n) is 6.40. The second-order valence-electron chi connectivity index (χ2n) is 8.74. The third-order valence-corrected chi connectivity index (χ3v) is 6.40. The predicted octanol–water partition coefficient (Wildman–Crippen LogP) is 4.11. The Hall–Kier alpha value is -2.44. The maximum absolute atomic E-state index is 13.5. The molecule has 4 rings (SSSR count). The summed E-state index contributed by atoms with van der Waals surface area (Å²) in [5.74, 6) is -1.90. The number of anilines is 1. The van der Waals surface area contributed by atoms with E-state index in [1.165, 1.54) is 38.3 Å². The number of carbonyl (C=O) groups is 2. The number of rotatable bonds is 4. The Morgan fingerprint density at radius 1 is 1.14 bits per heavy atom. The van der Waals surface area contributed by atoms with E-state index in [9.17, 15) is 18.4 Å². The molecule has 28 heavy (non-hydrogen) atoms. The zero-order chi connectivity index (χ0) is 19.9. The van der Waals surface area contributed by atoms with Gasteiger partial charge in [-0.15, -0.1) is 0 Å². The van der Waals surface area contributed by atoms with Gasteiger partial charge < -0.3 is 15.6 Å². The molecule has 0 aliphatic heterocycles. The molecule has 0 radical (unpaired) electrons. The van der Waals surface area contributed by atoms with Crippen LogP contribution < -0.4 is 10.6 Å². The molecule has 0 spiro atoms. The van der Waals surface area contributed by atoms with Gasteiger partial charge in [0.2, 0.25) is 0 Å². The topological polar surface area (TPSA) is 74.0 Å². The number of halogens is 2. The SMILES string of the molecule is CC1(CCNC(=O)C(=O)Nc2c[nH]c3cc(F)c(F)cc23)C[C@@H]2CC[C@@H](C2)C1. The highest BCUT2D eigenvalue weighted by Gasteiger charge is 2.40. The zero-order valence-electron chi connectivity index (χ0n) is 15.9. The minimum Gasteiger partial charge on any atom is -0.359 e. The van der Waals surface area contributed by atoms with E-state index in [0.717, 1.165) is 30.4 Å². The highest BCUT2D eigenvalue weighted by Crippen LogP contribution is 2.51. The van der Waals surface area contributed by atoms with Crippen molar-refractivity contribution in [2.45, 2.75) is 45.4 Å². The first-order valence-corrected chi connectivity index (χ1v) is 9.88. The van der Waals surface area contributed by atoms with Gasteiger partial charge in [-0.2, -0.15) is 0 Å². The van der Waals surface area contributed by atoms with Crippen LogP contribution >= 0.6 is 0 Å². The molecule has 3 atom stereocenters. The summed E-state index contributed by atoms with van der Waals surface area (Å²) in [6, 6.07) is 2.01. The molecular weight excluding hydrogens is 364 g/mol. The monoisotopic (exact) mass is 389 g/mol. The molecular formula is C21H25F2N3O2. The second-order valence-corrected chi connectivity index (χ2v) is 8.74. The Morgan fingerprint density at radius 2 is 1.82 bits per heavy atom. The summed E-state index contributed by atoms with van der Waals surface area (Å²) < 4.78 is 26.7. The number of aromatic nitrogens is 1. The third kappa shape index (κ3) is 3.75. The number of benzene rings is 1. The van der Waals surface area contributed by atoms with E-state index in [0.29, 0.717) is 17.4 Å². The molecule has 2 amide bonds. The summed E-state index contributed by atoms with van der Waals surface area (Å²) in [5.41, 5.74) is 0.811. The number of aromatic amines is 1. The number of H-pyrrole nitrogens is 1. The Kier molecular flexibility index (Phi) is 4.85. The first-order valence-electron chi connectivity index (χ1n) is 9.88. The lowest BCUT2D eigenvalue weighted by Gasteiger charge is -2.38. The number of hydrogen-bond acceptors (Lipinski definition) is 2. The summed E-state index contributed by atoms with van der Waals surface area (Å²) in [5, 5.41) is 5.46. The quantitative estimate of drug-likeness (QED) is 0.689. The Bertz CT molecular complexity index is 912. The number of fused-ring (bicyclic) bond motifs is 3. The van der Waals surface area contributed by atoms with Crippen LogP contribution in [0.25, 0.3) is 10.9 Å². The van der Waals surface area contributed by atoms with E-state index in [1.54, 1.807) is 0 Å². The predicted molar refractivity (Wildman–Crippen MR) is 103 cm³/mol. The Morgan fingerprint density at radius 3 is 2.54 bits per heavy atom. The van der Waals surface area contributed by atoms with Crippen molar-refractivity contribution in [2.24, 2.45) is 17.3 Å². The van der Waals surface area contributed by atoms with Gasteiger partial charge in [-0.3, -0.25) is 9.59 Å². The van der Waals surface area contributed by atoms with Crippen molar-refractivity contribution in [1.82, 2.24) is 10.3 Å². The molecule has 1 aromatic carbocycles. The van der Waals surface area contributed by atoms with Crippen molar-refractivity contribution >= 4 is 28.4 Å². The largest absolute Gasteiger partial charge is 0.359 e. The van der Waals surface area contributed by atoms with Gasteiger partial charge in [0.25, 0.3) is 0 Å². The molecule has 2 bridgehead atoms. The van der Waals surface area contributed by atoms with Crippen molar-refractivity contribution in [3.63, 3.8) is 0 Å². The Labute approximate surface area is 162 Å². The first-order chi connectivity index (χ1) is 13.3. The fourth-order valence-corrected chi connectivity index (χ4v) is 5.19. The van der Waals surface area contributed by atoms with Crippen LogP contribution in [0, 0.1) is 28.9 Å². The van der Waals surface area contributed by atoms with Crippen LogP contribution in [0.3, 0.4) is 0 Å². The highest BCUT2D eigenvalue weighted by atomic mass is 19.2. The number of hydrogen-bond donors (Lipinski definition) is 3. The van der Waals surface area contributed by atoms with Crippen LogP contribution in [-0.4, -0.2) is 23.3 Å². The lowest BCUT2D eigenvalue weighted by atomic mass is 9.68. The van der Waals surface area contributed by atoms with Gasteiger partial charge >= 0.3 is 11.8 Å². The summed E-state index contributed by atoms with van der Waals surface area (Å²) in [7, 11) is 0. The van der Waals surface area contributed by atoms with Crippen molar-refractivity contribution in [3.05, 3.63) is 30.0 Å². The van der Waals surface area contributed by atoms with Gasteiger partial charge in [0, 0.05) is 24.2 Å². The summed E-state index contributed by atoms with van der Waals surface area (Å²) >= 11 is 0. The standard InChI is InChI=1S/C21H25F2N3O2/c1-21(9-12-2-3-13(6-12)10-21)4-5-24-19(27)20(28)26-18-11-25-17-8-16(23)15(22)7-14(17)18/h7-8,11-13,25H,2-6,9-10H2,1H3,(H,24,27)(H,26,28)/t12-,13+,21?. The van der Waals surface area contributed by atoms with E-state index in [-0.39, 0.29) is 11.1 Å². The van der Waals surface area contributed by atoms with Gasteiger partial charge in [0.1, 0.15) is 0 Å². The van der Waals surface area contributed by atoms with Crippen LogP contribution in [-0.2, 0) is 9.59 Å². The zero-order valence-corrected chi connectivity index (χ0v) is 15.9. The van der Waals surface area contributed by atoms with E-state index >= 15 is 0 Å². The highest BCUT2D eigenvalue weighted by molar-refractivity contribution is 6.40. The molecule has 2 aliphatic carbocycles. The van der Waals surface area contributed by atoms with E-state index < -0.39 is 23.4 Å². The molecule has 5 nitrogen and oxygen atoms in total. The van der Waals surface area contributed by atoms with Crippen LogP contribution in [0.2, 0.25) is 0 Å². The summed E-state index contributed by atoms with van der Waals surface area (Å²) in [6.45, 7) is 2.74. The number of carbonyl (C=O) groups excluding carboxylic acids is 2.